The first kappa shape index (κ1) is 14.0. The van der Waals surface area contributed by atoms with Gasteiger partial charge in [0.15, 0.2) is 0 Å². The Labute approximate surface area is 80.1 Å². The van der Waals surface area contributed by atoms with Gasteiger partial charge >= 0.3 is 0 Å². The fraction of sp³-hybridized carbons (Fsp3) is 1.00. The lowest BCUT2D eigenvalue weighted by atomic mass is 10.3. The molecule has 0 aliphatic rings. The Kier molecular flexibility index (Phi) is 7.75. The van der Waals surface area contributed by atoms with E-state index in [1.54, 1.807) is 0 Å². The summed E-state index contributed by atoms with van der Waals surface area (Å²) in [6.45, 7) is 4.13. The molecular weight excluding hydrogens is 185 g/mol. The summed E-state index contributed by atoms with van der Waals surface area (Å²) >= 11 is 5.39. The van der Waals surface area contributed by atoms with Gasteiger partial charge in [-0.3, -0.25) is 0 Å². The van der Waals surface area contributed by atoms with E-state index in [1.807, 2.05) is 0 Å². The molecule has 0 radical (unpaired) electrons. The van der Waals surface area contributed by atoms with Gasteiger partial charge in [0.2, 0.25) is 0 Å². The molecule has 2 nitrogen and oxygen atoms in total. The summed E-state index contributed by atoms with van der Waals surface area (Å²) in [5, 5.41) is 8.77. The van der Waals surface area contributed by atoms with E-state index in [9.17, 15) is 0 Å². The number of alkyl halides is 1. The molecule has 0 rings (SSSR count). The average molecular weight is 202 g/mol. The molecule has 70 valence electrons. The summed E-state index contributed by atoms with van der Waals surface area (Å²) < 4.78 is 0.920. The molecule has 1 N–H and O–H groups in total. The van der Waals surface area contributed by atoms with Crippen LogP contribution < -0.4 is 12.4 Å². The first-order valence-corrected chi connectivity index (χ1v) is 4.06. The van der Waals surface area contributed by atoms with Crippen LogP contribution >= 0.6 is 11.6 Å². The minimum absolute atomic E-state index is 0. The molecule has 0 aromatic heterocycles. The van der Waals surface area contributed by atoms with Crippen LogP contribution in [0, 0.1) is 0 Å². The third-order valence-electron chi connectivity index (χ3n) is 1.83. The zero-order valence-electron chi connectivity index (χ0n) is 7.35. The molecule has 0 aliphatic carbocycles. The highest BCUT2D eigenvalue weighted by atomic mass is 35.5. The first-order chi connectivity index (χ1) is 4.48. The van der Waals surface area contributed by atoms with Gasteiger partial charge in [0.1, 0.15) is 5.56 Å². The monoisotopic (exact) mass is 201 g/mol. The Morgan fingerprint density at radius 1 is 1.45 bits per heavy atom. The molecule has 4 heteroatoms. The molecule has 11 heavy (non-hydrogen) atoms. The molecule has 0 heterocycles. The van der Waals surface area contributed by atoms with Crippen molar-refractivity contribution < 1.29 is 22.0 Å². The number of aliphatic hydroxyl groups excluding tert-OH is 1. The maximum atomic E-state index is 8.77. The maximum Gasteiger partial charge on any atom is 0.133 e. The number of halogens is 2. The SMILES string of the molecule is CC[N+](C)(C)CCC(O)Cl.[Cl-]. The van der Waals surface area contributed by atoms with Crippen molar-refractivity contribution in [3.05, 3.63) is 0 Å². The van der Waals surface area contributed by atoms with Crippen LogP contribution in [0.5, 0.6) is 0 Å². The number of nitrogens with zero attached hydrogens (tertiary/aromatic N) is 1. The molecule has 0 saturated carbocycles. The first-order valence-electron chi connectivity index (χ1n) is 3.62. The number of hydrogen-bond donors (Lipinski definition) is 1. The van der Waals surface area contributed by atoms with Crippen molar-refractivity contribution in [3.8, 4) is 0 Å². The molecule has 0 aromatic rings. The Hall–Kier alpha value is 0.500. The molecular formula is C7H17Cl2NO. The molecule has 1 unspecified atom stereocenters. The van der Waals surface area contributed by atoms with E-state index in [0.29, 0.717) is 6.42 Å². The van der Waals surface area contributed by atoms with Gasteiger partial charge in [-0.15, -0.1) is 0 Å². The molecule has 0 fully saturated rings. The van der Waals surface area contributed by atoms with Crippen LogP contribution in [0.2, 0.25) is 0 Å². The van der Waals surface area contributed by atoms with Crippen molar-refractivity contribution in [1.82, 2.24) is 0 Å². The fourth-order valence-corrected chi connectivity index (χ4v) is 0.712. The van der Waals surface area contributed by atoms with Crippen LogP contribution in [0.3, 0.4) is 0 Å². The molecule has 0 aromatic carbocycles. The molecule has 0 spiro atoms. The second-order valence-electron chi connectivity index (χ2n) is 3.20. The second-order valence-corrected chi connectivity index (χ2v) is 3.70. The van der Waals surface area contributed by atoms with Crippen molar-refractivity contribution in [2.24, 2.45) is 0 Å². The quantitative estimate of drug-likeness (QED) is 0.414. The summed E-state index contributed by atoms with van der Waals surface area (Å²) in [5.74, 6) is 0. The van der Waals surface area contributed by atoms with Crippen molar-refractivity contribution in [2.45, 2.75) is 18.9 Å². The molecule has 0 amide bonds. The minimum atomic E-state index is -0.677. The molecule has 1 atom stereocenters. The maximum absolute atomic E-state index is 8.77. The summed E-state index contributed by atoms with van der Waals surface area (Å²) in [6, 6.07) is 0. The van der Waals surface area contributed by atoms with Gasteiger partial charge in [-0.2, -0.15) is 0 Å². The second kappa shape index (κ2) is 6.06. The van der Waals surface area contributed by atoms with Crippen molar-refractivity contribution >= 4 is 11.6 Å². The van der Waals surface area contributed by atoms with Crippen molar-refractivity contribution in [2.75, 3.05) is 27.2 Å². The fourth-order valence-electron chi connectivity index (χ4n) is 0.614. The van der Waals surface area contributed by atoms with Gasteiger partial charge in [0.25, 0.3) is 0 Å². The van der Waals surface area contributed by atoms with Gasteiger partial charge in [0, 0.05) is 6.42 Å². The van der Waals surface area contributed by atoms with E-state index in [0.717, 1.165) is 17.6 Å². The molecule has 0 bridgehead atoms. The number of rotatable bonds is 4. The molecule has 0 aliphatic heterocycles. The summed E-state index contributed by atoms with van der Waals surface area (Å²) in [5.41, 5.74) is -0.677. The van der Waals surface area contributed by atoms with Crippen LogP contribution in [0.4, 0.5) is 0 Å². The van der Waals surface area contributed by atoms with Gasteiger partial charge in [-0.1, -0.05) is 11.6 Å². The van der Waals surface area contributed by atoms with Gasteiger partial charge < -0.3 is 22.0 Å². The van der Waals surface area contributed by atoms with E-state index < -0.39 is 5.56 Å². The highest BCUT2D eigenvalue weighted by Gasteiger charge is 2.12. The predicted octanol–water partition coefficient (Wildman–Crippen LogP) is -1.97. The lowest BCUT2D eigenvalue weighted by Crippen LogP contribution is -3.00. The van der Waals surface area contributed by atoms with E-state index in [4.69, 9.17) is 16.7 Å². The summed E-state index contributed by atoms with van der Waals surface area (Å²) in [7, 11) is 4.25. The van der Waals surface area contributed by atoms with E-state index in [2.05, 4.69) is 21.0 Å². The van der Waals surface area contributed by atoms with E-state index >= 15 is 0 Å². The lowest BCUT2D eigenvalue weighted by Gasteiger charge is -2.28. The van der Waals surface area contributed by atoms with Gasteiger partial charge in [0.05, 0.1) is 27.2 Å². The Bertz CT molecular complexity index is 96.4. The number of hydrogen-bond acceptors (Lipinski definition) is 1. The van der Waals surface area contributed by atoms with Crippen LogP contribution in [0.25, 0.3) is 0 Å². The zero-order chi connectivity index (χ0) is 8.20. The minimum Gasteiger partial charge on any atom is -1.00 e. The Balaban J connectivity index is 0. The lowest BCUT2D eigenvalue weighted by molar-refractivity contribution is -0.888. The largest absolute Gasteiger partial charge is 1.00 e. The van der Waals surface area contributed by atoms with Gasteiger partial charge in [-0.25, -0.2) is 0 Å². The Morgan fingerprint density at radius 3 is 2.18 bits per heavy atom. The van der Waals surface area contributed by atoms with Gasteiger partial charge in [-0.05, 0) is 6.92 Å². The topological polar surface area (TPSA) is 20.2 Å². The smallest absolute Gasteiger partial charge is 0.133 e. The van der Waals surface area contributed by atoms with Crippen LogP contribution in [0.1, 0.15) is 13.3 Å². The normalized spacial score (nSPS) is 13.9. The van der Waals surface area contributed by atoms with Crippen LogP contribution in [-0.4, -0.2) is 42.3 Å². The number of quaternary nitrogens is 1. The summed E-state index contributed by atoms with van der Waals surface area (Å²) in [4.78, 5) is 0. The highest BCUT2D eigenvalue weighted by Crippen LogP contribution is 2.03. The van der Waals surface area contributed by atoms with Crippen LogP contribution in [0.15, 0.2) is 0 Å². The van der Waals surface area contributed by atoms with Crippen molar-refractivity contribution in [1.29, 1.82) is 0 Å². The van der Waals surface area contributed by atoms with E-state index in [1.165, 1.54) is 0 Å². The van der Waals surface area contributed by atoms with Crippen molar-refractivity contribution in [3.63, 3.8) is 0 Å². The number of aliphatic hydroxyl groups is 1. The zero-order valence-corrected chi connectivity index (χ0v) is 8.86. The third kappa shape index (κ3) is 8.41. The van der Waals surface area contributed by atoms with E-state index in [-0.39, 0.29) is 12.4 Å². The molecule has 0 saturated heterocycles. The summed E-state index contributed by atoms with van der Waals surface area (Å²) in [6.07, 6.45) is 0.669. The average Bonchev–Trinajstić information content (AvgIpc) is 1.85. The Morgan fingerprint density at radius 2 is 1.91 bits per heavy atom. The standard InChI is InChI=1S/C7H17ClNO.ClH/c1-4-9(2,3)6-5-7(8)10;/h7,10H,4-6H2,1-3H3;1H/q+1;/p-1. The highest BCUT2D eigenvalue weighted by molar-refractivity contribution is 6.19. The predicted molar refractivity (Wildman–Crippen MR) is 44.0 cm³/mol. The third-order valence-corrected chi connectivity index (χ3v) is 2.05. The van der Waals surface area contributed by atoms with Crippen LogP contribution in [-0.2, 0) is 0 Å².